The first-order valence-electron chi connectivity index (χ1n) is 8.44. The zero-order chi connectivity index (χ0) is 16.6. The molecule has 132 valence electrons. The molecule has 3 heterocycles. The topological polar surface area (TPSA) is 54.0 Å². The predicted molar refractivity (Wildman–Crippen MR) is 97.0 cm³/mol. The predicted octanol–water partition coefficient (Wildman–Crippen LogP) is 3.38. The Kier molecular flexibility index (Phi) is 5.06. The highest BCUT2D eigenvalue weighted by Gasteiger charge is 2.46. The molecule has 4 nitrogen and oxygen atoms in total. The van der Waals surface area contributed by atoms with Crippen LogP contribution in [-0.2, 0) is 4.79 Å². The number of aromatic nitrogens is 1. The molecule has 2 aliphatic rings. The Bertz CT molecular complexity index is 768. The Labute approximate surface area is 152 Å². The molecule has 2 N–H and O–H groups in total. The smallest absolute Gasteiger partial charge is 0.240 e. The number of nitrogens with zero attached hydrogens (tertiary/aromatic N) is 1. The van der Waals surface area contributed by atoms with Gasteiger partial charge in [-0.3, -0.25) is 15.1 Å². The van der Waals surface area contributed by atoms with Crippen LogP contribution in [0.2, 0.25) is 0 Å². The molecule has 0 unspecified atom stereocenters. The Hall–Kier alpha value is -1.98. The fourth-order valence-electron chi connectivity index (χ4n) is 3.80. The molecule has 0 bridgehead atoms. The van der Waals surface area contributed by atoms with Crippen molar-refractivity contribution in [1.82, 2.24) is 15.6 Å². The van der Waals surface area contributed by atoms with Crippen molar-refractivity contribution < 1.29 is 9.18 Å². The van der Waals surface area contributed by atoms with E-state index in [4.69, 9.17) is 0 Å². The minimum absolute atomic E-state index is 0. The van der Waals surface area contributed by atoms with E-state index in [1.54, 1.807) is 18.3 Å². The molecular weight excluding hydrogens is 341 g/mol. The molecule has 2 fully saturated rings. The van der Waals surface area contributed by atoms with Crippen LogP contribution >= 0.6 is 12.4 Å². The number of carbonyl (C=O) groups is 1. The van der Waals surface area contributed by atoms with Crippen LogP contribution in [0.25, 0.3) is 11.1 Å². The number of carbonyl (C=O) groups excluding carboxylic acids is 1. The van der Waals surface area contributed by atoms with Crippen molar-refractivity contribution in [2.75, 3.05) is 6.54 Å². The van der Waals surface area contributed by atoms with Gasteiger partial charge in [0.25, 0.3) is 0 Å². The van der Waals surface area contributed by atoms with Gasteiger partial charge in [0.05, 0.1) is 17.3 Å². The van der Waals surface area contributed by atoms with Gasteiger partial charge in [-0.05, 0) is 61.1 Å². The van der Waals surface area contributed by atoms with Crippen LogP contribution in [0.4, 0.5) is 4.39 Å². The lowest BCUT2D eigenvalue weighted by atomic mass is 9.88. The second-order valence-corrected chi connectivity index (χ2v) is 6.65. The lowest BCUT2D eigenvalue weighted by Crippen LogP contribution is -2.57. The Balaban J connectivity index is 0.00000182. The van der Waals surface area contributed by atoms with Gasteiger partial charge < -0.3 is 5.32 Å². The molecule has 4 rings (SSSR count). The maximum atomic E-state index is 13.1. The number of amides is 1. The number of hydrogen-bond donors (Lipinski definition) is 2. The molecular formula is C19H21ClFN3O. The van der Waals surface area contributed by atoms with Crippen molar-refractivity contribution in [3.63, 3.8) is 0 Å². The van der Waals surface area contributed by atoms with Gasteiger partial charge in [-0.1, -0.05) is 12.1 Å². The molecule has 1 aromatic heterocycles. The van der Waals surface area contributed by atoms with Crippen LogP contribution in [0.1, 0.15) is 37.4 Å². The third-order valence-electron chi connectivity index (χ3n) is 5.13. The van der Waals surface area contributed by atoms with Gasteiger partial charge in [0.2, 0.25) is 5.91 Å². The van der Waals surface area contributed by atoms with Gasteiger partial charge in [0, 0.05) is 12.7 Å². The average molecular weight is 362 g/mol. The summed E-state index contributed by atoms with van der Waals surface area (Å²) in [4.78, 5) is 16.8. The maximum absolute atomic E-state index is 13.1. The van der Waals surface area contributed by atoms with Gasteiger partial charge in [0.15, 0.2) is 0 Å². The molecule has 0 radical (unpaired) electrons. The van der Waals surface area contributed by atoms with Crippen molar-refractivity contribution >= 4 is 18.3 Å². The largest absolute Gasteiger partial charge is 0.354 e. The molecule has 25 heavy (non-hydrogen) atoms. The number of benzene rings is 1. The number of nitrogens with one attached hydrogen (secondary N) is 2. The second kappa shape index (κ2) is 7.10. The Morgan fingerprint density at radius 1 is 1.12 bits per heavy atom. The fourth-order valence-corrected chi connectivity index (χ4v) is 3.80. The standard InChI is InChI=1S/C19H20FN3O.ClH/c20-15-4-2-13(3-5-15)14-7-11-21-17(12-14)16-6-9-19(23-16)8-1-10-22-18(19)24;/h2-5,7,11-12,16,23H,1,6,8-10H2,(H,22,24);1H/t16-,19-;/m1./s1. The van der Waals surface area contributed by atoms with Crippen molar-refractivity contribution in [3.8, 4) is 11.1 Å². The minimum atomic E-state index is -0.434. The minimum Gasteiger partial charge on any atom is -0.354 e. The zero-order valence-electron chi connectivity index (χ0n) is 13.8. The third kappa shape index (κ3) is 3.39. The molecule has 2 atom stereocenters. The van der Waals surface area contributed by atoms with E-state index in [0.717, 1.165) is 49.0 Å². The molecule has 1 aromatic carbocycles. The summed E-state index contributed by atoms with van der Waals surface area (Å²) in [7, 11) is 0. The summed E-state index contributed by atoms with van der Waals surface area (Å²) >= 11 is 0. The van der Waals surface area contributed by atoms with Crippen LogP contribution in [-0.4, -0.2) is 23.0 Å². The van der Waals surface area contributed by atoms with E-state index < -0.39 is 5.54 Å². The van der Waals surface area contributed by atoms with Crippen molar-refractivity contribution in [2.45, 2.75) is 37.3 Å². The summed E-state index contributed by atoms with van der Waals surface area (Å²) in [5.41, 5.74) is 2.47. The van der Waals surface area contributed by atoms with E-state index in [2.05, 4.69) is 15.6 Å². The van der Waals surface area contributed by atoms with Crippen LogP contribution < -0.4 is 10.6 Å². The molecule has 1 amide bonds. The van der Waals surface area contributed by atoms with Crippen molar-refractivity contribution in [3.05, 3.63) is 54.1 Å². The van der Waals surface area contributed by atoms with Gasteiger partial charge >= 0.3 is 0 Å². The molecule has 6 heteroatoms. The van der Waals surface area contributed by atoms with Crippen molar-refractivity contribution in [2.24, 2.45) is 0 Å². The molecule has 0 saturated carbocycles. The second-order valence-electron chi connectivity index (χ2n) is 6.65. The first-order chi connectivity index (χ1) is 11.7. The lowest BCUT2D eigenvalue weighted by Gasteiger charge is -2.33. The summed E-state index contributed by atoms with van der Waals surface area (Å²) in [6.07, 6.45) is 5.41. The highest BCUT2D eigenvalue weighted by atomic mass is 35.5. The fraction of sp³-hybridized carbons (Fsp3) is 0.368. The maximum Gasteiger partial charge on any atom is 0.240 e. The Morgan fingerprint density at radius 3 is 2.68 bits per heavy atom. The first kappa shape index (κ1) is 17.8. The van der Waals surface area contributed by atoms with Gasteiger partial charge in [0.1, 0.15) is 5.82 Å². The van der Waals surface area contributed by atoms with E-state index in [-0.39, 0.29) is 30.2 Å². The summed E-state index contributed by atoms with van der Waals surface area (Å²) in [5.74, 6) is -0.123. The first-order valence-corrected chi connectivity index (χ1v) is 8.44. The SMILES string of the molecule is Cl.O=C1NCCC[C@@]12CC[C@H](c1cc(-c3ccc(F)cc3)ccn1)N2. The molecule has 2 saturated heterocycles. The average Bonchev–Trinajstić information content (AvgIpc) is 3.04. The van der Waals surface area contributed by atoms with E-state index >= 15 is 0 Å². The van der Waals surface area contributed by atoms with Gasteiger partial charge in [-0.2, -0.15) is 0 Å². The van der Waals surface area contributed by atoms with Crippen LogP contribution in [0.5, 0.6) is 0 Å². The normalized spacial score (nSPS) is 25.5. The Morgan fingerprint density at radius 2 is 1.92 bits per heavy atom. The van der Waals surface area contributed by atoms with Gasteiger partial charge in [-0.25, -0.2) is 4.39 Å². The molecule has 2 aliphatic heterocycles. The van der Waals surface area contributed by atoms with E-state index in [9.17, 15) is 9.18 Å². The van der Waals surface area contributed by atoms with Crippen LogP contribution in [0, 0.1) is 5.82 Å². The van der Waals surface area contributed by atoms with Crippen LogP contribution in [0.15, 0.2) is 42.6 Å². The number of pyridine rings is 1. The number of halogens is 2. The molecule has 0 aliphatic carbocycles. The summed E-state index contributed by atoms with van der Waals surface area (Å²) in [5, 5.41) is 6.50. The zero-order valence-corrected chi connectivity index (χ0v) is 14.6. The quantitative estimate of drug-likeness (QED) is 0.862. The number of piperidine rings is 1. The summed E-state index contributed by atoms with van der Waals surface area (Å²) in [6.45, 7) is 0.769. The molecule has 1 spiro atoms. The number of rotatable bonds is 2. The van der Waals surface area contributed by atoms with Crippen LogP contribution in [0.3, 0.4) is 0 Å². The monoisotopic (exact) mass is 361 g/mol. The molecule has 2 aromatic rings. The lowest BCUT2D eigenvalue weighted by molar-refractivity contribution is -0.129. The van der Waals surface area contributed by atoms with E-state index in [1.165, 1.54) is 12.1 Å². The number of hydrogen-bond acceptors (Lipinski definition) is 3. The third-order valence-corrected chi connectivity index (χ3v) is 5.13. The van der Waals surface area contributed by atoms with E-state index in [0.29, 0.717) is 0 Å². The van der Waals surface area contributed by atoms with Crippen molar-refractivity contribution in [1.29, 1.82) is 0 Å². The van der Waals surface area contributed by atoms with Gasteiger partial charge in [-0.15, -0.1) is 12.4 Å². The summed E-state index contributed by atoms with van der Waals surface area (Å²) < 4.78 is 13.1. The highest BCUT2D eigenvalue weighted by Crippen LogP contribution is 2.37. The summed E-state index contributed by atoms with van der Waals surface area (Å²) in [6, 6.07) is 10.5. The highest BCUT2D eigenvalue weighted by molar-refractivity contribution is 5.87. The van der Waals surface area contributed by atoms with E-state index in [1.807, 2.05) is 12.1 Å².